The maximum absolute atomic E-state index is 10.00. The van der Waals surface area contributed by atoms with Crippen LogP contribution in [0.3, 0.4) is 0 Å². The normalized spacial score (nSPS) is 12.1. The first-order valence-electron chi connectivity index (χ1n) is 7.42. The number of rotatable bonds is 6. The van der Waals surface area contributed by atoms with E-state index in [1.165, 1.54) is 0 Å². The van der Waals surface area contributed by atoms with Gasteiger partial charge in [0.25, 0.3) is 0 Å². The van der Waals surface area contributed by atoms with Crippen LogP contribution in [0.5, 0.6) is 11.5 Å². The average Bonchev–Trinajstić information content (AvgIpc) is 2.59. The van der Waals surface area contributed by atoms with Gasteiger partial charge in [0.15, 0.2) is 0 Å². The molecule has 1 unspecified atom stereocenters. The van der Waals surface area contributed by atoms with Crippen molar-refractivity contribution in [2.75, 3.05) is 13.2 Å². The number of aliphatic hydroxyl groups excluding tert-OH is 1. The SMILES string of the molecule is Cc1ccccc1OCC(O)COc1ccc2nccnc2c1. The van der Waals surface area contributed by atoms with E-state index in [1.54, 1.807) is 18.5 Å². The van der Waals surface area contributed by atoms with Gasteiger partial charge < -0.3 is 14.6 Å². The second-order valence-electron chi connectivity index (χ2n) is 5.25. The molecule has 0 amide bonds. The van der Waals surface area contributed by atoms with Gasteiger partial charge in [0.2, 0.25) is 0 Å². The number of aromatic nitrogens is 2. The number of nitrogens with zero attached hydrogens (tertiary/aromatic N) is 2. The van der Waals surface area contributed by atoms with Gasteiger partial charge in [-0.1, -0.05) is 18.2 Å². The minimum atomic E-state index is -0.716. The molecule has 1 heterocycles. The van der Waals surface area contributed by atoms with E-state index >= 15 is 0 Å². The molecule has 0 spiro atoms. The minimum Gasteiger partial charge on any atom is -0.491 e. The monoisotopic (exact) mass is 310 g/mol. The molecule has 2 aromatic carbocycles. The van der Waals surface area contributed by atoms with Crippen LogP contribution in [-0.2, 0) is 0 Å². The summed E-state index contributed by atoms with van der Waals surface area (Å²) in [4.78, 5) is 8.43. The van der Waals surface area contributed by atoms with Crippen molar-refractivity contribution in [1.29, 1.82) is 0 Å². The molecular weight excluding hydrogens is 292 g/mol. The third kappa shape index (κ3) is 3.96. The van der Waals surface area contributed by atoms with Crippen molar-refractivity contribution >= 4 is 11.0 Å². The summed E-state index contributed by atoms with van der Waals surface area (Å²) in [7, 11) is 0. The van der Waals surface area contributed by atoms with E-state index in [1.807, 2.05) is 43.3 Å². The number of aryl methyl sites for hydroxylation is 1. The highest BCUT2D eigenvalue weighted by Gasteiger charge is 2.08. The molecule has 5 heteroatoms. The van der Waals surface area contributed by atoms with Gasteiger partial charge in [-0.3, -0.25) is 9.97 Å². The Morgan fingerprint density at radius 2 is 1.70 bits per heavy atom. The van der Waals surface area contributed by atoms with Crippen LogP contribution in [0.1, 0.15) is 5.56 Å². The zero-order valence-electron chi connectivity index (χ0n) is 12.8. The van der Waals surface area contributed by atoms with E-state index < -0.39 is 6.10 Å². The molecule has 0 saturated heterocycles. The summed E-state index contributed by atoms with van der Waals surface area (Å²) in [5.74, 6) is 1.42. The lowest BCUT2D eigenvalue weighted by Gasteiger charge is -2.14. The fourth-order valence-corrected chi connectivity index (χ4v) is 2.18. The molecule has 1 aromatic heterocycles. The Balaban J connectivity index is 1.53. The molecule has 0 bridgehead atoms. The Labute approximate surface area is 134 Å². The van der Waals surface area contributed by atoms with Crippen molar-refractivity contribution in [1.82, 2.24) is 9.97 Å². The molecule has 118 valence electrons. The molecule has 0 aliphatic carbocycles. The average molecular weight is 310 g/mol. The first-order chi connectivity index (χ1) is 11.2. The van der Waals surface area contributed by atoms with E-state index in [-0.39, 0.29) is 13.2 Å². The first kappa shape index (κ1) is 15.2. The maximum atomic E-state index is 10.00. The van der Waals surface area contributed by atoms with Crippen molar-refractivity contribution in [2.45, 2.75) is 13.0 Å². The topological polar surface area (TPSA) is 64.5 Å². The van der Waals surface area contributed by atoms with Crippen LogP contribution in [0.2, 0.25) is 0 Å². The van der Waals surface area contributed by atoms with Crippen LogP contribution in [0.25, 0.3) is 11.0 Å². The molecule has 0 radical (unpaired) electrons. The third-order valence-electron chi connectivity index (χ3n) is 3.41. The second kappa shape index (κ2) is 7.07. The highest BCUT2D eigenvalue weighted by molar-refractivity contribution is 5.75. The number of hydrogen-bond acceptors (Lipinski definition) is 5. The first-order valence-corrected chi connectivity index (χ1v) is 7.42. The molecule has 23 heavy (non-hydrogen) atoms. The van der Waals surface area contributed by atoms with Gasteiger partial charge in [-0.2, -0.15) is 0 Å². The lowest BCUT2D eigenvalue weighted by atomic mass is 10.2. The van der Waals surface area contributed by atoms with Crippen molar-refractivity contribution in [3.05, 3.63) is 60.4 Å². The molecule has 3 rings (SSSR count). The van der Waals surface area contributed by atoms with Crippen LogP contribution in [0, 0.1) is 6.92 Å². The van der Waals surface area contributed by atoms with Crippen LogP contribution in [-0.4, -0.2) is 34.4 Å². The van der Waals surface area contributed by atoms with Crippen LogP contribution >= 0.6 is 0 Å². The van der Waals surface area contributed by atoms with E-state index in [9.17, 15) is 5.11 Å². The van der Waals surface area contributed by atoms with Crippen LogP contribution < -0.4 is 9.47 Å². The lowest BCUT2D eigenvalue weighted by molar-refractivity contribution is 0.0624. The predicted octanol–water partition coefficient (Wildman–Crippen LogP) is 2.76. The fraction of sp³-hybridized carbons (Fsp3) is 0.222. The summed E-state index contributed by atoms with van der Waals surface area (Å²) in [6.07, 6.45) is 2.57. The minimum absolute atomic E-state index is 0.150. The quantitative estimate of drug-likeness (QED) is 0.758. The van der Waals surface area contributed by atoms with Gasteiger partial charge in [0.1, 0.15) is 30.8 Å². The Hall–Kier alpha value is -2.66. The second-order valence-corrected chi connectivity index (χ2v) is 5.25. The number of fused-ring (bicyclic) bond motifs is 1. The van der Waals surface area contributed by atoms with E-state index in [2.05, 4.69) is 9.97 Å². The smallest absolute Gasteiger partial charge is 0.122 e. The van der Waals surface area contributed by atoms with Gasteiger partial charge in [0, 0.05) is 18.5 Å². The zero-order chi connectivity index (χ0) is 16.1. The van der Waals surface area contributed by atoms with Gasteiger partial charge in [-0.25, -0.2) is 0 Å². The largest absolute Gasteiger partial charge is 0.491 e. The standard InChI is InChI=1S/C18H18N2O3/c1-13-4-2-3-5-18(13)23-12-14(21)11-22-15-6-7-16-17(10-15)20-9-8-19-16/h2-10,14,21H,11-12H2,1H3. The summed E-state index contributed by atoms with van der Waals surface area (Å²) in [6.45, 7) is 2.30. The van der Waals surface area contributed by atoms with Gasteiger partial charge in [-0.05, 0) is 30.7 Å². The molecular formula is C18H18N2O3. The molecule has 1 atom stereocenters. The Morgan fingerprint density at radius 3 is 2.52 bits per heavy atom. The van der Waals surface area contributed by atoms with Crippen molar-refractivity contribution in [3.8, 4) is 11.5 Å². The molecule has 3 aromatic rings. The highest BCUT2D eigenvalue weighted by Crippen LogP contribution is 2.18. The van der Waals surface area contributed by atoms with Crippen molar-refractivity contribution in [3.63, 3.8) is 0 Å². The van der Waals surface area contributed by atoms with Gasteiger partial charge >= 0.3 is 0 Å². The maximum Gasteiger partial charge on any atom is 0.122 e. The number of benzene rings is 2. The van der Waals surface area contributed by atoms with E-state index in [0.29, 0.717) is 5.75 Å². The van der Waals surface area contributed by atoms with Crippen molar-refractivity contribution in [2.24, 2.45) is 0 Å². The summed E-state index contributed by atoms with van der Waals surface area (Å²) in [5.41, 5.74) is 2.60. The van der Waals surface area contributed by atoms with Crippen LogP contribution in [0.15, 0.2) is 54.9 Å². The number of hydrogen-bond donors (Lipinski definition) is 1. The summed E-state index contributed by atoms with van der Waals surface area (Å²) in [6, 6.07) is 13.2. The van der Waals surface area contributed by atoms with E-state index in [0.717, 1.165) is 22.3 Å². The number of ether oxygens (including phenoxy) is 2. The Morgan fingerprint density at radius 1 is 0.957 bits per heavy atom. The molecule has 1 N–H and O–H groups in total. The number of aliphatic hydroxyl groups is 1. The summed E-state index contributed by atoms with van der Waals surface area (Å²) >= 11 is 0. The highest BCUT2D eigenvalue weighted by atomic mass is 16.5. The molecule has 0 aliphatic heterocycles. The zero-order valence-corrected chi connectivity index (χ0v) is 12.8. The Kier molecular flexibility index (Phi) is 4.68. The van der Waals surface area contributed by atoms with Crippen molar-refractivity contribution < 1.29 is 14.6 Å². The summed E-state index contributed by atoms with van der Waals surface area (Å²) < 4.78 is 11.2. The summed E-state index contributed by atoms with van der Waals surface area (Å²) in [5, 5.41) is 10.00. The molecule has 0 saturated carbocycles. The third-order valence-corrected chi connectivity index (χ3v) is 3.41. The lowest BCUT2D eigenvalue weighted by Crippen LogP contribution is -2.25. The van der Waals surface area contributed by atoms with Gasteiger partial charge in [-0.15, -0.1) is 0 Å². The molecule has 0 aliphatic rings. The van der Waals surface area contributed by atoms with E-state index in [4.69, 9.17) is 9.47 Å². The molecule has 0 fully saturated rings. The fourth-order valence-electron chi connectivity index (χ4n) is 2.18. The Bertz CT molecular complexity index is 792. The van der Waals surface area contributed by atoms with Gasteiger partial charge in [0.05, 0.1) is 11.0 Å². The molecule has 5 nitrogen and oxygen atoms in total. The van der Waals surface area contributed by atoms with Crippen LogP contribution in [0.4, 0.5) is 0 Å². The predicted molar refractivity (Wildman–Crippen MR) is 87.7 cm³/mol. The number of para-hydroxylation sites is 1.